The summed E-state index contributed by atoms with van der Waals surface area (Å²) in [6.07, 6.45) is 8.13. The molecule has 7 heteroatoms. The number of sulfone groups is 1. The van der Waals surface area contributed by atoms with Crippen LogP contribution in [0, 0.1) is 17.8 Å². The van der Waals surface area contributed by atoms with Gasteiger partial charge in [0.1, 0.15) is 0 Å². The maximum Gasteiger partial charge on any atom is 0.191 e. The van der Waals surface area contributed by atoms with Crippen molar-refractivity contribution in [2.24, 2.45) is 22.7 Å². The Morgan fingerprint density at radius 2 is 1.88 bits per heavy atom. The Labute approximate surface area is 151 Å². The van der Waals surface area contributed by atoms with Crippen molar-refractivity contribution in [1.29, 1.82) is 0 Å². The zero-order chi connectivity index (χ0) is 17.3. The van der Waals surface area contributed by atoms with Crippen LogP contribution in [-0.2, 0) is 14.6 Å². The average Bonchev–Trinajstić information content (AvgIpc) is 3.29. The quantitative estimate of drug-likeness (QED) is 0.577. The van der Waals surface area contributed by atoms with Crippen LogP contribution in [0.25, 0.3) is 0 Å². The van der Waals surface area contributed by atoms with Crippen molar-refractivity contribution in [3.05, 3.63) is 0 Å². The average molecular weight is 370 g/mol. The van der Waals surface area contributed by atoms with Crippen molar-refractivity contribution in [3.8, 4) is 0 Å². The molecule has 2 heterocycles. The van der Waals surface area contributed by atoms with Gasteiger partial charge in [-0.25, -0.2) is 8.42 Å². The second-order valence-electron chi connectivity index (χ2n) is 8.42. The van der Waals surface area contributed by atoms with Gasteiger partial charge in [-0.3, -0.25) is 4.99 Å². The summed E-state index contributed by atoms with van der Waals surface area (Å²) in [5.41, 5.74) is 0. The van der Waals surface area contributed by atoms with Crippen LogP contribution in [0.2, 0.25) is 0 Å². The van der Waals surface area contributed by atoms with Gasteiger partial charge in [0, 0.05) is 31.8 Å². The Balaban J connectivity index is 1.38. The molecule has 4 atom stereocenters. The van der Waals surface area contributed by atoms with Crippen molar-refractivity contribution in [3.63, 3.8) is 0 Å². The summed E-state index contributed by atoms with van der Waals surface area (Å²) in [4.78, 5) is 4.80. The Hall–Kier alpha value is -0.820. The predicted molar refractivity (Wildman–Crippen MR) is 98.4 cm³/mol. The third kappa shape index (κ3) is 4.48. The normalized spacial score (nSPS) is 38.2. The second-order valence-corrected chi connectivity index (χ2v) is 10.6. The molecule has 25 heavy (non-hydrogen) atoms. The van der Waals surface area contributed by atoms with E-state index in [4.69, 9.17) is 9.73 Å². The fraction of sp³-hybridized carbons (Fsp3) is 0.944. The lowest BCUT2D eigenvalue weighted by molar-refractivity contribution is 0.0821. The van der Waals surface area contributed by atoms with Gasteiger partial charge in [0.05, 0.1) is 11.5 Å². The van der Waals surface area contributed by atoms with Crippen molar-refractivity contribution in [2.45, 2.75) is 57.0 Å². The van der Waals surface area contributed by atoms with Crippen LogP contribution in [0.3, 0.4) is 0 Å². The van der Waals surface area contributed by atoms with Crippen LogP contribution >= 0.6 is 0 Å². The number of nitrogens with zero attached hydrogens (tertiary/aromatic N) is 1. The number of hydrogen-bond donors (Lipinski definition) is 2. The lowest BCUT2D eigenvalue weighted by Gasteiger charge is -2.29. The molecule has 0 aromatic heterocycles. The monoisotopic (exact) mass is 369 g/mol. The van der Waals surface area contributed by atoms with Crippen molar-refractivity contribution < 1.29 is 13.2 Å². The number of rotatable bonds is 4. The molecule has 4 unspecified atom stereocenters. The van der Waals surface area contributed by atoms with Crippen LogP contribution in [-0.4, -0.2) is 57.7 Å². The molecule has 2 saturated carbocycles. The molecule has 2 bridgehead atoms. The smallest absolute Gasteiger partial charge is 0.191 e. The molecule has 2 saturated heterocycles. The van der Waals surface area contributed by atoms with Crippen LogP contribution in [0.5, 0.6) is 0 Å². The van der Waals surface area contributed by atoms with E-state index in [1.807, 2.05) is 0 Å². The molecule has 0 aromatic carbocycles. The molecular weight excluding hydrogens is 338 g/mol. The lowest BCUT2D eigenvalue weighted by atomic mass is 9.95. The molecular formula is C18H31N3O3S. The third-order valence-corrected chi connectivity index (χ3v) is 8.29. The highest BCUT2D eigenvalue weighted by molar-refractivity contribution is 7.91. The highest BCUT2D eigenvalue weighted by Crippen LogP contribution is 2.44. The first-order valence-electron chi connectivity index (χ1n) is 9.93. The molecule has 2 N–H and O–H groups in total. The fourth-order valence-corrected chi connectivity index (χ4v) is 6.85. The van der Waals surface area contributed by atoms with E-state index >= 15 is 0 Å². The SMILES string of the molecule is O=S1(=O)CCC(CN=C(NC2CCOCC2)NC2CC3CCC2C3)C1. The first-order chi connectivity index (χ1) is 12.1. The highest BCUT2D eigenvalue weighted by atomic mass is 32.2. The molecule has 2 aliphatic carbocycles. The zero-order valence-electron chi connectivity index (χ0n) is 15.0. The summed E-state index contributed by atoms with van der Waals surface area (Å²) >= 11 is 0. The molecule has 0 aromatic rings. The minimum atomic E-state index is -2.83. The van der Waals surface area contributed by atoms with Gasteiger partial charge >= 0.3 is 0 Å². The molecule has 2 aliphatic heterocycles. The van der Waals surface area contributed by atoms with Gasteiger partial charge in [-0.15, -0.1) is 0 Å². The number of fused-ring (bicyclic) bond motifs is 2. The summed E-state index contributed by atoms with van der Waals surface area (Å²) in [6, 6.07) is 0.947. The zero-order valence-corrected chi connectivity index (χ0v) is 15.8. The fourth-order valence-electron chi connectivity index (χ4n) is 5.00. The number of aliphatic imine (C=N–C) groups is 1. The number of hydrogen-bond acceptors (Lipinski definition) is 4. The summed E-state index contributed by atoms with van der Waals surface area (Å²) in [5, 5.41) is 7.28. The van der Waals surface area contributed by atoms with Gasteiger partial charge in [0.15, 0.2) is 15.8 Å². The molecule has 0 amide bonds. The van der Waals surface area contributed by atoms with Crippen LogP contribution in [0.4, 0.5) is 0 Å². The maximum atomic E-state index is 11.7. The third-order valence-electron chi connectivity index (χ3n) is 6.46. The Morgan fingerprint density at radius 1 is 1.04 bits per heavy atom. The van der Waals surface area contributed by atoms with E-state index < -0.39 is 9.84 Å². The lowest BCUT2D eigenvalue weighted by Crippen LogP contribution is -2.50. The Bertz CT molecular complexity index is 601. The standard InChI is InChI=1S/C18H31N3O3S/c22-25(23)8-5-14(12-25)11-19-18(20-16-3-6-24-7-4-16)21-17-10-13-1-2-15(17)9-13/h13-17H,1-12H2,(H2,19,20,21). The summed E-state index contributed by atoms with van der Waals surface area (Å²) in [7, 11) is -2.83. The Morgan fingerprint density at radius 3 is 2.52 bits per heavy atom. The summed E-state index contributed by atoms with van der Waals surface area (Å²) in [5.74, 6) is 3.39. The van der Waals surface area contributed by atoms with Gasteiger partial charge in [-0.1, -0.05) is 6.42 Å². The second kappa shape index (κ2) is 7.43. The van der Waals surface area contributed by atoms with E-state index in [-0.39, 0.29) is 5.92 Å². The largest absolute Gasteiger partial charge is 0.381 e. The molecule has 0 spiro atoms. The summed E-state index contributed by atoms with van der Waals surface area (Å²) < 4.78 is 28.8. The highest BCUT2D eigenvalue weighted by Gasteiger charge is 2.40. The maximum absolute atomic E-state index is 11.7. The first kappa shape index (κ1) is 17.6. The molecule has 6 nitrogen and oxygen atoms in total. The van der Waals surface area contributed by atoms with Crippen LogP contribution in [0.1, 0.15) is 44.9 Å². The minimum absolute atomic E-state index is 0.179. The van der Waals surface area contributed by atoms with Crippen molar-refractivity contribution in [2.75, 3.05) is 31.3 Å². The van der Waals surface area contributed by atoms with Crippen molar-refractivity contribution in [1.82, 2.24) is 10.6 Å². The topological polar surface area (TPSA) is 79.8 Å². The minimum Gasteiger partial charge on any atom is -0.381 e. The van der Waals surface area contributed by atoms with Gasteiger partial charge in [-0.05, 0) is 56.3 Å². The van der Waals surface area contributed by atoms with Crippen LogP contribution in [0.15, 0.2) is 4.99 Å². The van der Waals surface area contributed by atoms with Gasteiger partial charge in [0.25, 0.3) is 0 Å². The van der Waals surface area contributed by atoms with E-state index in [9.17, 15) is 8.42 Å². The van der Waals surface area contributed by atoms with E-state index in [2.05, 4.69) is 10.6 Å². The van der Waals surface area contributed by atoms with E-state index in [1.165, 1.54) is 25.7 Å². The van der Waals surface area contributed by atoms with E-state index in [0.29, 0.717) is 30.1 Å². The Kier molecular flexibility index (Phi) is 5.23. The summed E-state index contributed by atoms with van der Waals surface area (Å²) in [6.45, 7) is 2.22. The molecule has 0 radical (unpaired) electrons. The first-order valence-corrected chi connectivity index (χ1v) is 11.8. The predicted octanol–water partition coefficient (Wildman–Crippen LogP) is 1.32. The molecule has 4 rings (SSSR count). The number of nitrogens with one attached hydrogen (secondary N) is 2. The number of guanidine groups is 1. The van der Waals surface area contributed by atoms with Gasteiger partial charge in [-0.2, -0.15) is 0 Å². The van der Waals surface area contributed by atoms with Gasteiger partial charge in [0.2, 0.25) is 0 Å². The molecule has 4 fully saturated rings. The van der Waals surface area contributed by atoms with Crippen molar-refractivity contribution >= 4 is 15.8 Å². The number of ether oxygens (including phenoxy) is 1. The van der Waals surface area contributed by atoms with Gasteiger partial charge < -0.3 is 15.4 Å². The molecule has 4 aliphatic rings. The molecule has 142 valence electrons. The van der Waals surface area contributed by atoms with E-state index in [1.54, 1.807) is 0 Å². The van der Waals surface area contributed by atoms with E-state index in [0.717, 1.165) is 50.3 Å². The van der Waals surface area contributed by atoms with Crippen LogP contribution < -0.4 is 10.6 Å².